The van der Waals surface area contributed by atoms with Crippen molar-refractivity contribution in [2.24, 2.45) is 0 Å². The number of nitrogens with zero attached hydrogens (tertiary/aromatic N) is 4. The Labute approximate surface area is 224 Å². The number of benzene rings is 2. The summed E-state index contributed by atoms with van der Waals surface area (Å²) in [4.78, 5) is 23.2. The molecule has 0 spiro atoms. The number of hydrogen-bond acceptors (Lipinski definition) is 7. The number of halogens is 2. The van der Waals surface area contributed by atoms with Gasteiger partial charge in [0.2, 0.25) is 5.91 Å². The van der Waals surface area contributed by atoms with Crippen molar-refractivity contribution in [1.29, 1.82) is 0 Å². The number of amides is 1. The number of aromatic nitrogens is 4. The van der Waals surface area contributed by atoms with Crippen molar-refractivity contribution in [3.8, 4) is 11.8 Å². The highest BCUT2D eigenvalue weighted by Crippen LogP contribution is 2.24. The van der Waals surface area contributed by atoms with Gasteiger partial charge in [0.15, 0.2) is 11.6 Å². The molecule has 0 bridgehead atoms. The largest absolute Gasteiger partial charge is 0.395 e. The summed E-state index contributed by atoms with van der Waals surface area (Å²) in [6.45, 7) is 4.53. The molecule has 0 fully saturated rings. The smallest absolute Gasteiger partial charge is 0.230 e. The van der Waals surface area contributed by atoms with Crippen LogP contribution in [0.1, 0.15) is 24.6 Å². The maximum absolute atomic E-state index is 14.0. The van der Waals surface area contributed by atoms with Crippen LogP contribution in [0.3, 0.4) is 0 Å². The molecule has 196 valence electrons. The average Bonchev–Trinajstić information content (AvgIpc) is 3.35. The molecule has 0 unspecified atom stereocenters. The molecule has 9 nitrogen and oxygen atoms in total. The number of nitrogens with one attached hydrogen (secondary N) is 3. The summed E-state index contributed by atoms with van der Waals surface area (Å²) in [6.07, 6.45) is 2.12. The van der Waals surface area contributed by atoms with Crippen LogP contribution in [0.25, 0.3) is 10.9 Å². The van der Waals surface area contributed by atoms with Crippen LogP contribution in [-0.4, -0.2) is 62.3 Å². The van der Waals surface area contributed by atoms with Gasteiger partial charge in [0, 0.05) is 42.2 Å². The summed E-state index contributed by atoms with van der Waals surface area (Å²) in [6, 6.07) is 11.8. The van der Waals surface area contributed by atoms with E-state index < -0.39 is 11.7 Å². The third-order valence-corrected chi connectivity index (χ3v) is 6.03. The van der Waals surface area contributed by atoms with E-state index in [2.05, 4.69) is 54.5 Å². The van der Waals surface area contributed by atoms with Gasteiger partial charge in [-0.3, -0.25) is 9.89 Å². The van der Waals surface area contributed by atoms with E-state index in [1.807, 2.05) is 18.2 Å². The van der Waals surface area contributed by atoms with Crippen LogP contribution in [0.5, 0.6) is 0 Å². The molecular formula is C27H27ClFN7O2. The second-order valence-corrected chi connectivity index (χ2v) is 8.80. The van der Waals surface area contributed by atoms with E-state index in [0.717, 1.165) is 29.6 Å². The number of likely N-dealkylation sites (N-methyl/N-ethyl adjacent to an activating group) is 1. The molecule has 4 rings (SSSR count). The molecule has 0 aliphatic rings. The van der Waals surface area contributed by atoms with Crippen molar-refractivity contribution in [3.05, 3.63) is 70.9 Å². The summed E-state index contributed by atoms with van der Waals surface area (Å²) in [7, 11) is 0. The number of anilines is 3. The van der Waals surface area contributed by atoms with Crippen molar-refractivity contribution in [3.63, 3.8) is 0 Å². The van der Waals surface area contributed by atoms with E-state index in [9.17, 15) is 9.18 Å². The predicted molar refractivity (Wildman–Crippen MR) is 146 cm³/mol. The monoisotopic (exact) mass is 535 g/mol. The first-order valence-electron chi connectivity index (χ1n) is 12.1. The summed E-state index contributed by atoms with van der Waals surface area (Å²) in [5.41, 5.74) is 2.12. The van der Waals surface area contributed by atoms with Gasteiger partial charge in [0.25, 0.3) is 0 Å². The van der Waals surface area contributed by atoms with Gasteiger partial charge in [0.1, 0.15) is 12.1 Å². The van der Waals surface area contributed by atoms with Crippen molar-refractivity contribution < 1.29 is 14.3 Å². The van der Waals surface area contributed by atoms with Crippen LogP contribution < -0.4 is 10.6 Å². The van der Waals surface area contributed by atoms with Crippen LogP contribution in [0, 0.1) is 17.7 Å². The molecule has 0 aliphatic heterocycles. The number of aliphatic hydroxyl groups excluding tert-OH is 1. The quantitative estimate of drug-likeness (QED) is 0.225. The molecule has 11 heteroatoms. The van der Waals surface area contributed by atoms with Crippen molar-refractivity contribution >= 4 is 45.7 Å². The van der Waals surface area contributed by atoms with E-state index in [0.29, 0.717) is 30.3 Å². The van der Waals surface area contributed by atoms with E-state index >= 15 is 0 Å². The molecule has 0 saturated carbocycles. The Morgan fingerprint density at radius 1 is 1.21 bits per heavy atom. The maximum Gasteiger partial charge on any atom is 0.230 e. The normalized spacial score (nSPS) is 10.9. The van der Waals surface area contributed by atoms with E-state index in [1.54, 1.807) is 12.1 Å². The fourth-order valence-corrected chi connectivity index (χ4v) is 3.96. The van der Waals surface area contributed by atoms with Gasteiger partial charge >= 0.3 is 0 Å². The molecule has 0 radical (unpaired) electrons. The number of carbonyl (C=O) groups excluding carboxylic acids is 1. The van der Waals surface area contributed by atoms with Gasteiger partial charge in [-0.2, -0.15) is 5.10 Å². The van der Waals surface area contributed by atoms with Crippen LogP contribution in [0.2, 0.25) is 5.02 Å². The highest BCUT2D eigenvalue weighted by molar-refractivity contribution is 6.31. The Balaban J connectivity index is 1.39. The minimum atomic E-state index is -0.680. The zero-order chi connectivity index (χ0) is 26.9. The lowest BCUT2D eigenvalue weighted by molar-refractivity contribution is -0.115. The molecule has 4 N–H and O–H groups in total. The zero-order valence-corrected chi connectivity index (χ0v) is 21.5. The molecule has 4 aromatic rings. The first kappa shape index (κ1) is 27.0. The van der Waals surface area contributed by atoms with Crippen LogP contribution in [0.15, 0.2) is 48.8 Å². The van der Waals surface area contributed by atoms with Crippen molar-refractivity contribution in [2.75, 3.05) is 36.9 Å². The first-order valence-corrected chi connectivity index (χ1v) is 12.5. The van der Waals surface area contributed by atoms with Crippen LogP contribution in [-0.2, 0) is 11.2 Å². The third kappa shape index (κ3) is 7.04. The Morgan fingerprint density at radius 2 is 2.08 bits per heavy atom. The molecule has 2 aromatic heterocycles. The Morgan fingerprint density at radius 3 is 2.89 bits per heavy atom. The Bertz CT molecular complexity index is 1480. The Hall–Kier alpha value is -4.04. The number of fused-ring (bicyclic) bond motifs is 1. The lowest BCUT2D eigenvalue weighted by atomic mass is 10.1. The number of H-pyrrole nitrogens is 1. The molecule has 38 heavy (non-hydrogen) atoms. The summed E-state index contributed by atoms with van der Waals surface area (Å²) in [5, 5.41) is 22.5. The first-order chi connectivity index (χ1) is 18.5. The number of aliphatic hydroxyl groups is 1. The van der Waals surface area contributed by atoms with Crippen molar-refractivity contribution in [1.82, 2.24) is 25.1 Å². The number of hydrogen-bond donors (Lipinski definition) is 4. The van der Waals surface area contributed by atoms with Crippen LogP contribution >= 0.6 is 11.6 Å². The van der Waals surface area contributed by atoms with Crippen LogP contribution in [0.4, 0.5) is 21.7 Å². The van der Waals surface area contributed by atoms with Gasteiger partial charge < -0.3 is 20.6 Å². The lowest BCUT2D eigenvalue weighted by Crippen LogP contribution is -2.27. The SMILES string of the molecule is CCN(CCO)CCC#Cc1ccc2c(Nc3cc(CC(=O)Nc4cccc(Cl)c4F)[nH]n3)ncnc2c1. The highest BCUT2D eigenvalue weighted by Gasteiger charge is 2.13. The van der Waals surface area contributed by atoms with Gasteiger partial charge in [-0.25, -0.2) is 14.4 Å². The highest BCUT2D eigenvalue weighted by atomic mass is 35.5. The van der Waals surface area contributed by atoms with Gasteiger partial charge in [-0.1, -0.05) is 36.4 Å². The van der Waals surface area contributed by atoms with Crippen molar-refractivity contribution in [2.45, 2.75) is 19.8 Å². The summed E-state index contributed by atoms with van der Waals surface area (Å²) >= 11 is 5.77. The number of rotatable bonds is 10. The van der Waals surface area contributed by atoms with E-state index in [4.69, 9.17) is 16.7 Å². The molecule has 1 amide bonds. The van der Waals surface area contributed by atoms with Gasteiger partial charge in [-0.05, 0) is 36.9 Å². The topological polar surface area (TPSA) is 119 Å². The molecule has 2 heterocycles. The molecule has 2 aromatic carbocycles. The minimum Gasteiger partial charge on any atom is -0.395 e. The molecule has 0 aliphatic carbocycles. The Kier molecular flexibility index (Phi) is 9.21. The average molecular weight is 536 g/mol. The fourth-order valence-electron chi connectivity index (χ4n) is 3.79. The van der Waals surface area contributed by atoms with E-state index in [-0.39, 0.29) is 23.7 Å². The summed E-state index contributed by atoms with van der Waals surface area (Å²) < 4.78 is 14.0. The number of carbonyl (C=O) groups is 1. The van der Waals surface area contributed by atoms with Gasteiger partial charge in [0.05, 0.1) is 29.3 Å². The molecule has 0 atom stereocenters. The fraction of sp³-hybridized carbons (Fsp3) is 0.259. The molecule has 0 saturated heterocycles. The second-order valence-electron chi connectivity index (χ2n) is 8.39. The standard InChI is InChI=1S/C27H27ClFN7O2/c1-2-36(12-13-37)11-4-3-6-18-9-10-20-23(14-18)30-17-31-27(20)33-24-15-19(34-35-24)16-25(38)32-22-8-5-7-21(28)26(22)29/h5,7-10,14-15,17,37H,2,4,11-13,16H2,1H3,(H,32,38)(H2,30,31,33,34,35). The summed E-state index contributed by atoms with van der Waals surface area (Å²) in [5.74, 6) is 6.27. The zero-order valence-electron chi connectivity index (χ0n) is 20.8. The number of aromatic amines is 1. The lowest BCUT2D eigenvalue weighted by Gasteiger charge is -2.16. The van der Waals surface area contributed by atoms with E-state index in [1.165, 1.54) is 18.5 Å². The minimum absolute atomic E-state index is 0.0153. The molecular weight excluding hydrogens is 509 g/mol. The van der Waals surface area contributed by atoms with Gasteiger partial charge in [-0.15, -0.1) is 0 Å². The predicted octanol–water partition coefficient (Wildman–Crippen LogP) is 4.13. The second kappa shape index (κ2) is 13.0. The maximum atomic E-state index is 14.0. The third-order valence-electron chi connectivity index (χ3n) is 5.74.